The van der Waals surface area contributed by atoms with E-state index in [0.717, 1.165) is 28.8 Å². The Morgan fingerprint density at radius 2 is 1.85 bits per heavy atom. The fourth-order valence-electron chi connectivity index (χ4n) is 3.18. The Bertz CT molecular complexity index is 1550. The van der Waals surface area contributed by atoms with Crippen molar-refractivity contribution in [2.24, 2.45) is 0 Å². The lowest BCUT2D eigenvalue weighted by Crippen LogP contribution is -2.25. The molecule has 5 aromatic rings. The summed E-state index contributed by atoms with van der Waals surface area (Å²) >= 11 is 5.86. The predicted molar refractivity (Wildman–Crippen MR) is 118 cm³/mol. The first-order chi connectivity index (χ1) is 15.8. The van der Waals surface area contributed by atoms with Crippen LogP contribution in [0.1, 0.15) is 12.7 Å². The number of nitrogen functional groups attached to an aromatic ring is 1. The zero-order chi connectivity index (χ0) is 23.7. The number of imidazole rings is 1. The predicted octanol–water partition coefficient (Wildman–Crippen LogP) is 3.95. The molecule has 0 bridgehead atoms. The number of anilines is 1. The van der Waals surface area contributed by atoms with Gasteiger partial charge in [0.25, 0.3) is 5.56 Å². The largest absolute Gasteiger partial charge is 0.382 e. The summed E-state index contributed by atoms with van der Waals surface area (Å²) < 4.78 is 42.1. The Kier molecular flexibility index (Phi) is 5.97. The maximum absolute atomic E-state index is 14.1. The zero-order valence-electron chi connectivity index (χ0n) is 17.0. The second-order valence-corrected chi connectivity index (χ2v) is 7.11. The topological polar surface area (TPSA) is 115 Å². The SMILES string of the molecule is CCc1nc2ccc(F)c(Cl)c2c(=O)n1-c1cc(F)ccc1F.Nc1ncnc2nc[nH]c12. The molecule has 0 saturated carbocycles. The van der Waals surface area contributed by atoms with Gasteiger partial charge in [0.15, 0.2) is 11.5 Å². The van der Waals surface area contributed by atoms with E-state index in [1.807, 2.05) is 0 Å². The molecular weight excluding hydrogens is 459 g/mol. The van der Waals surface area contributed by atoms with E-state index < -0.39 is 28.0 Å². The smallest absolute Gasteiger partial charge is 0.267 e. The quantitative estimate of drug-likeness (QED) is 0.401. The van der Waals surface area contributed by atoms with Gasteiger partial charge in [0, 0.05) is 12.5 Å². The Hall–Kier alpha value is -3.99. The number of aromatic nitrogens is 6. The van der Waals surface area contributed by atoms with Gasteiger partial charge in [-0.1, -0.05) is 18.5 Å². The zero-order valence-corrected chi connectivity index (χ0v) is 17.7. The number of nitrogens with one attached hydrogen (secondary N) is 1. The van der Waals surface area contributed by atoms with Crippen LogP contribution in [-0.2, 0) is 6.42 Å². The molecule has 33 heavy (non-hydrogen) atoms. The van der Waals surface area contributed by atoms with E-state index >= 15 is 0 Å². The van der Waals surface area contributed by atoms with Crippen molar-refractivity contribution in [3.05, 3.63) is 81.6 Å². The lowest BCUT2D eigenvalue weighted by molar-refractivity contribution is 0.587. The molecule has 0 saturated heterocycles. The molecule has 0 amide bonds. The third kappa shape index (κ3) is 4.10. The maximum atomic E-state index is 14.1. The first-order valence-electron chi connectivity index (χ1n) is 9.56. The Balaban J connectivity index is 0.000000214. The molecule has 168 valence electrons. The molecule has 3 aromatic heterocycles. The summed E-state index contributed by atoms with van der Waals surface area (Å²) in [6.45, 7) is 1.71. The number of benzene rings is 2. The van der Waals surface area contributed by atoms with Crippen LogP contribution in [0.5, 0.6) is 0 Å². The van der Waals surface area contributed by atoms with Gasteiger partial charge >= 0.3 is 0 Å². The van der Waals surface area contributed by atoms with Crippen LogP contribution in [-0.4, -0.2) is 29.5 Å². The molecule has 12 heteroatoms. The molecule has 5 rings (SSSR count). The number of rotatable bonds is 2. The molecule has 0 aliphatic heterocycles. The molecule has 0 aliphatic carbocycles. The van der Waals surface area contributed by atoms with Crippen molar-refractivity contribution in [2.45, 2.75) is 13.3 Å². The molecule has 0 aliphatic rings. The standard InChI is InChI=1S/C16H10ClF3N2O.C5H5N5/c1-2-13-21-11-6-5-10(20)15(17)14(11)16(23)22(13)12-7-8(18)3-4-9(12)19;6-4-3-5(9-1-7-3)10-2-8-4/h3-7H,2H2,1H3;1-2H,(H3,6,7,8,9,10). The first kappa shape index (κ1) is 22.2. The van der Waals surface area contributed by atoms with Crippen molar-refractivity contribution in [3.63, 3.8) is 0 Å². The van der Waals surface area contributed by atoms with Crippen molar-refractivity contribution in [1.29, 1.82) is 0 Å². The van der Waals surface area contributed by atoms with E-state index in [1.54, 1.807) is 6.92 Å². The Morgan fingerprint density at radius 3 is 2.58 bits per heavy atom. The summed E-state index contributed by atoms with van der Waals surface area (Å²) in [5, 5.41) is -0.569. The molecule has 0 spiro atoms. The summed E-state index contributed by atoms with van der Waals surface area (Å²) in [4.78, 5) is 31.3. The maximum Gasteiger partial charge on any atom is 0.267 e. The van der Waals surface area contributed by atoms with Gasteiger partial charge in [0.05, 0.1) is 27.9 Å². The molecule has 0 radical (unpaired) electrons. The fraction of sp³-hybridized carbons (Fsp3) is 0.0952. The minimum absolute atomic E-state index is 0.174. The van der Waals surface area contributed by atoms with Gasteiger partial charge in [-0.05, 0) is 24.3 Å². The average molecular weight is 474 g/mol. The van der Waals surface area contributed by atoms with Gasteiger partial charge in [-0.2, -0.15) is 0 Å². The van der Waals surface area contributed by atoms with Crippen LogP contribution in [0.4, 0.5) is 19.0 Å². The van der Waals surface area contributed by atoms with E-state index in [-0.39, 0.29) is 28.8 Å². The van der Waals surface area contributed by atoms with Crippen molar-refractivity contribution in [2.75, 3.05) is 5.73 Å². The highest BCUT2D eigenvalue weighted by Crippen LogP contribution is 2.24. The number of aromatic amines is 1. The Morgan fingerprint density at radius 1 is 1.09 bits per heavy atom. The summed E-state index contributed by atoms with van der Waals surface area (Å²) in [5.74, 6) is -1.64. The normalized spacial score (nSPS) is 10.9. The molecule has 0 atom stereocenters. The number of nitrogens with zero attached hydrogens (tertiary/aromatic N) is 5. The number of H-pyrrole nitrogens is 1. The lowest BCUT2D eigenvalue weighted by atomic mass is 10.2. The molecule has 3 heterocycles. The molecular formula is C21H15ClF3N7O. The van der Waals surface area contributed by atoms with E-state index in [4.69, 9.17) is 17.3 Å². The van der Waals surface area contributed by atoms with Gasteiger partial charge in [0.1, 0.15) is 35.1 Å². The minimum atomic E-state index is -0.795. The highest BCUT2D eigenvalue weighted by molar-refractivity contribution is 6.35. The second-order valence-electron chi connectivity index (χ2n) is 6.73. The van der Waals surface area contributed by atoms with Crippen molar-refractivity contribution in [3.8, 4) is 5.69 Å². The summed E-state index contributed by atoms with van der Waals surface area (Å²) in [5.41, 5.74) is 5.94. The van der Waals surface area contributed by atoms with Crippen LogP contribution in [0.15, 0.2) is 47.8 Å². The lowest BCUT2D eigenvalue weighted by Gasteiger charge is -2.14. The minimum Gasteiger partial charge on any atom is -0.382 e. The number of nitrogens with two attached hydrogens (primary N) is 1. The van der Waals surface area contributed by atoms with Gasteiger partial charge < -0.3 is 10.7 Å². The van der Waals surface area contributed by atoms with Crippen LogP contribution in [0.25, 0.3) is 27.8 Å². The van der Waals surface area contributed by atoms with E-state index in [2.05, 4.69) is 24.9 Å². The van der Waals surface area contributed by atoms with Crippen LogP contribution >= 0.6 is 11.6 Å². The average Bonchev–Trinajstić information content (AvgIpc) is 3.29. The van der Waals surface area contributed by atoms with Crippen molar-refractivity contribution >= 4 is 39.5 Å². The molecule has 0 fully saturated rings. The van der Waals surface area contributed by atoms with E-state index in [0.29, 0.717) is 17.0 Å². The number of halogens is 4. The first-order valence-corrected chi connectivity index (χ1v) is 9.94. The third-order valence-corrected chi connectivity index (χ3v) is 5.08. The van der Waals surface area contributed by atoms with Gasteiger partial charge in [-0.25, -0.2) is 33.1 Å². The van der Waals surface area contributed by atoms with Gasteiger partial charge in [-0.15, -0.1) is 0 Å². The molecule has 2 aromatic carbocycles. The third-order valence-electron chi connectivity index (χ3n) is 4.72. The monoisotopic (exact) mass is 473 g/mol. The summed E-state index contributed by atoms with van der Waals surface area (Å²) in [6, 6.07) is 5.16. The van der Waals surface area contributed by atoms with Crippen LogP contribution in [0.2, 0.25) is 5.02 Å². The number of aryl methyl sites for hydroxylation is 1. The molecule has 3 N–H and O–H groups in total. The Labute approximate surface area is 188 Å². The van der Waals surface area contributed by atoms with E-state index in [1.165, 1.54) is 18.7 Å². The fourth-order valence-corrected chi connectivity index (χ4v) is 3.42. The van der Waals surface area contributed by atoms with Crippen LogP contribution < -0.4 is 11.3 Å². The van der Waals surface area contributed by atoms with Crippen molar-refractivity contribution in [1.82, 2.24) is 29.5 Å². The highest BCUT2D eigenvalue weighted by Gasteiger charge is 2.18. The van der Waals surface area contributed by atoms with Gasteiger partial charge in [0.2, 0.25) is 0 Å². The molecule has 0 unspecified atom stereocenters. The van der Waals surface area contributed by atoms with Gasteiger partial charge in [-0.3, -0.25) is 9.36 Å². The van der Waals surface area contributed by atoms with Crippen LogP contribution in [0, 0.1) is 17.5 Å². The summed E-state index contributed by atoms with van der Waals surface area (Å²) in [7, 11) is 0. The second kappa shape index (κ2) is 8.87. The highest BCUT2D eigenvalue weighted by atomic mass is 35.5. The number of hydrogen-bond donors (Lipinski definition) is 2. The number of hydrogen-bond acceptors (Lipinski definition) is 6. The van der Waals surface area contributed by atoms with E-state index in [9.17, 15) is 18.0 Å². The molecule has 8 nitrogen and oxygen atoms in total. The van der Waals surface area contributed by atoms with Crippen LogP contribution in [0.3, 0.4) is 0 Å². The number of fused-ring (bicyclic) bond motifs is 2. The summed E-state index contributed by atoms with van der Waals surface area (Å²) in [6.07, 6.45) is 3.21. The van der Waals surface area contributed by atoms with Crippen molar-refractivity contribution < 1.29 is 13.2 Å².